The van der Waals surface area contributed by atoms with E-state index >= 15 is 0 Å². The standard InChI is InChI=1S/C8H4ClN3O2S/c9-15(13,14)6-1-7-5(2-10)3-11-8(7)12-4-6/h1,3-4H,(H,11,12). The van der Waals surface area contributed by atoms with Crippen molar-refractivity contribution in [2.75, 3.05) is 0 Å². The minimum atomic E-state index is -3.81. The predicted octanol–water partition coefficient (Wildman–Crippen LogP) is 1.36. The van der Waals surface area contributed by atoms with Gasteiger partial charge in [0.1, 0.15) is 16.6 Å². The first-order valence-corrected chi connectivity index (χ1v) is 6.15. The van der Waals surface area contributed by atoms with Crippen LogP contribution in [0.15, 0.2) is 23.4 Å². The summed E-state index contributed by atoms with van der Waals surface area (Å²) in [5, 5.41) is 9.18. The molecule has 1 N–H and O–H groups in total. The zero-order valence-corrected chi connectivity index (χ0v) is 8.80. The second-order valence-electron chi connectivity index (χ2n) is 2.82. The van der Waals surface area contributed by atoms with E-state index in [2.05, 4.69) is 9.97 Å². The molecule has 2 aromatic heterocycles. The smallest absolute Gasteiger partial charge is 0.262 e. The van der Waals surface area contributed by atoms with Crippen molar-refractivity contribution in [3.63, 3.8) is 0 Å². The summed E-state index contributed by atoms with van der Waals surface area (Å²) >= 11 is 0. The highest BCUT2D eigenvalue weighted by atomic mass is 35.7. The lowest BCUT2D eigenvalue weighted by atomic mass is 10.2. The first-order chi connectivity index (χ1) is 7.02. The van der Waals surface area contributed by atoms with Gasteiger partial charge in [-0.25, -0.2) is 13.4 Å². The molecule has 0 aliphatic carbocycles. The maximum absolute atomic E-state index is 11.0. The third-order valence-electron chi connectivity index (χ3n) is 1.91. The summed E-state index contributed by atoms with van der Waals surface area (Å²) in [7, 11) is 1.35. The van der Waals surface area contributed by atoms with Gasteiger partial charge in [-0.15, -0.1) is 0 Å². The third kappa shape index (κ3) is 1.67. The quantitative estimate of drug-likeness (QED) is 0.764. The Morgan fingerprint density at radius 3 is 2.87 bits per heavy atom. The molecule has 0 amide bonds. The fourth-order valence-corrected chi connectivity index (χ4v) is 1.90. The number of pyridine rings is 1. The molecule has 0 bridgehead atoms. The lowest BCUT2D eigenvalue weighted by Crippen LogP contribution is -1.91. The molecule has 2 aromatic rings. The van der Waals surface area contributed by atoms with Crippen molar-refractivity contribution in [2.45, 2.75) is 4.90 Å². The van der Waals surface area contributed by atoms with Crippen LogP contribution in [0, 0.1) is 11.3 Å². The van der Waals surface area contributed by atoms with Gasteiger partial charge in [-0.3, -0.25) is 0 Å². The molecular weight excluding hydrogens is 238 g/mol. The molecule has 0 aliphatic heterocycles. The highest BCUT2D eigenvalue weighted by molar-refractivity contribution is 8.13. The lowest BCUT2D eigenvalue weighted by molar-refractivity contribution is 0.609. The molecule has 0 spiro atoms. The van der Waals surface area contributed by atoms with Crippen molar-refractivity contribution in [1.82, 2.24) is 9.97 Å². The van der Waals surface area contributed by atoms with Crippen LogP contribution in [0.25, 0.3) is 11.0 Å². The number of hydrogen-bond donors (Lipinski definition) is 1. The molecule has 0 atom stereocenters. The number of halogens is 1. The molecule has 0 aromatic carbocycles. The molecule has 0 radical (unpaired) electrons. The number of aromatic amines is 1. The largest absolute Gasteiger partial charge is 0.345 e. The van der Waals surface area contributed by atoms with Crippen LogP contribution < -0.4 is 0 Å². The minimum absolute atomic E-state index is 0.118. The topological polar surface area (TPSA) is 86.6 Å². The Bertz CT molecular complexity index is 669. The number of rotatable bonds is 1. The van der Waals surface area contributed by atoms with E-state index in [1.807, 2.05) is 6.07 Å². The molecule has 0 saturated carbocycles. The van der Waals surface area contributed by atoms with Gasteiger partial charge in [-0.1, -0.05) is 0 Å². The maximum atomic E-state index is 11.0. The zero-order valence-electron chi connectivity index (χ0n) is 7.23. The van der Waals surface area contributed by atoms with Crippen molar-refractivity contribution >= 4 is 30.8 Å². The van der Waals surface area contributed by atoms with Crippen molar-refractivity contribution in [1.29, 1.82) is 5.26 Å². The van der Waals surface area contributed by atoms with Crippen LogP contribution in [0.3, 0.4) is 0 Å². The Morgan fingerprint density at radius 1 is 1.53 bits per heavy atom. The lowest BCUT2D eigenvalue weighted by Gasteiger charge is -1.95. The van der Waals surface area contributed by atoms with Gasteiger partial charge in [0.15, 0.2) is 0 Å². The molecular formula is C8H4ClN3O2S. The molecule has 76 valence electrons. The van der Waals surface area contributed by atoms with E-state index in [9.17, 15) is 8.42 Å². The van der Waals surface area contributed by atoms with Gasteiger partial charge in [0.05, 0.1) is 5.56 Å². The number of nitrogens with zero attached hydrogens (tertiary/aromatic N) is 2. The van der Waals surface area contributed by atoms with Crippen LogP contribution >= 0.6 is 10.7 Å². The van der Waals surface area contributed by atoms with Crippen molar-refractivity contribution in [3.05, 3.63) is 24.0 Å². The summed E-state index contributed by atoms with van der Waals surface area (Å²) in [6.07, 6.45) is 2.60. The highest BCUT2D eigenvalue weighted by Crippen LogP contribution is 2.21. The average Bonchev–Trinajstić information content (AvgIpc) is 2.57. The maximum Gasteiger partial charge on any atom is 0.262 e. The summed E-state index contributed by atoms with van der Waals surface area (Å²) in [6, 6.07) is 3.24. The number of aromatic nitrogens is 2. The van der Waals surface area contributed by atoms with Crippen LogP contribution in [-0.2, 0) is 9.05 Å². The van der Waals surface area contributed by atoms with Crippen molar-refractivity contribution in [2.24, 2.45) is 0 Å². The second kappa shape index (κ2) is 3.22. The highest BCUT2D eigenvalue weighted by Gasteiger charge is 2.13. The van der Waals surface area contributed by atoms with Gasteiger partial charge in [-0.05, 0) is 6.07 Å². The Labute approximate surface area is 89.7 Å². The molecule has 0 fully saturated rings. The Balaban J connectivity index is 2.81. The predicted molar refractivity (Wildman–Crippen MR) is 53.8 cm³/mol. The van der Waals surface area contributed by atoms with Crippen molar-refractivity contribution < 1.29 is 8.42 Å². The minimum Gasteiger partial charge on any atom is -0.345 e. The molecule has 2 heterocycles. The number of nitriles is 1. The summed E-state index contributed by atoms with van der Waals surface area (Å²) in [5.74, 6) is 0. The monoisotopic (exact) mass is 241 g/mol. The Kier molecular flexibility index (Phi) is 2.14. The fraction of sp³-hybridized carbons (Fsp3) is 0. The molecule has 5 nitrogen and oxygen atoms in total. The van der Waals surface area contributed by atoms with Gasteiger partial charge < -0.3 is 4.98 Å². The first kappa shape index (κ1) is 9.96. The number of nitrogens with one attached hydrogen (secondary N) is 1. The van der Waals surface area contributed by atoms with E-state index in [1.165, 1.54) is 12.3 Å². The first-order valence-electron chi connectivity index (χ1n) is 3.84. The summed E-state index contributed by atoms with van der Waals surface area (Å²) in [5.41, 5.74) is 0.787. The average molecular weight is 242 g/mol. The van der Waals surface area contributed by atoms with Gasteiger partial charge in [0.2, 0.25) is 0 Å². The Hall–Kier alpha value is -1.58. The number of fused-ring (bicyclic) bond motifs is 1. The third-order valence-corrected chi connectivity index (χ3v) is 3.23. The van der Waals surface area contributed by atoms with Crippen LogP contribution in [-0.4, -0.2) is 18.4 Å². The van der Waals surface area contributed by atoms with Gasteiger partial charge in [0, 0.05) is 28.5 Å². The van der Waals surface area contributed by atoms with E-state index in [0.717, 1.165) is 6.20 Å². The molecule has 0 unspecified atom stereocenters. The molecule has 0 aliphatic rings. The Morgan fingerprint density at radius 2 is 2.27 bits per heavy atom. The van der Waals surface area contributed by atoms with Gasteiger partial charge in [-0.2, -0.15) is 5.26 Å². The summed E-state index contributed by atoms with van der Waals surface area (Å²) in [4.78, 5) is 6.47. The summed E-state index contributed by atoms with van der Waals surface area (Å²) < 4.78 is 22.1. The molecule has 15 heavy (non-hydrogen) atoms. The van der Waals surface area contributed by atoms with E-state index in [-0.39, 0.29) is 4.90 Å². The number of H-pyrrole nitrogens is 1. The zero-order chi connectivity index (χ0) is 11.1. The van der Waals surface area contributed by atoms with Crippen LogP contribution in [0.4, 0.5) is 0 Å². The molecule has 0 saturated heterocycles. The normalized spacial score (nSPS) is 11.5. The van der Waals surface area contributed by atoms with Gasteiger partial charge >= 0.3 is 0 Å². The van der Waals surface area contributed by atoms with Gasteiger partial charge in [0.25, 0.3) is 9.05 Å². The van der Waals surface area contributed by atoms with Crippen LogP contribution in [0.1, 0.15) is 5.56 Å². The van der Waals surface area contributed by atoms with Crippen LogP contribution in [0.2, 0.25) is 0 Å². The fourth-order valence-electron chi connectivity index (χ4n) is 1.21. The SMILES string of the molecule is N#Cc1c[nH]c2ncc(S(=O)(=O)Cl)cc12. The van der Waals surface area contributed by atoms with E-state index in [4.69, 9.17) is 15.9 Å². The second-order valence-corrected chi connectivity index (χ2v) is 5.39. The van der Waals surface area contributed by atoms with Crippen molar-refractivity contribution in [3.8, 4) is 6.07 Å². The van der Waals surface area contributed by atoms with E-state index in [0.29, 0.717) is 16.6 Å². The summed E-state index contributed by atoms with van der Waals surface area (Å²) in [6.45, 7) is 0. The molecule has 7 heteroatoms. The van der Waals surface area contributed by atoms with Crippen LogP contribution in [0.5, 0.6) is 0 Å². The van der Waals surface area contributed by atoms with E-state index < -0.39 is 9.05 Å². The van der Waals surface area contributed by atoms with E-state index in [1.54, 1.807) is 0 Å². The number of hydrogen-bond acceptors (Lipinski definition) is 4. The molecule has 2 rings (SSSR count).